The van der Waals surface area contributed by atoms with Gasteiger partial charge in [0.2, 0.25) is 11.7 Å². The van der Waals surface area contributed by atoms with E-state index in [2.05, 4.69) is 10.3 Å². The van der Waals surface area contributed by atoms with Crippen LogP contribution in [0, 0.1) is 11.6 Å². The van der Waals surface area contributed by atoms with Crippen LogP contribution in [0.15, 0.2) is 46.2 Å². The minimum atomic E-state index is -0.701. The smallest absolute Gasteiger partial charge is 0.316 e. The van der Waals surface area contributed by atoms with E-state index in [-0.39, 0.29) is 23.8 Å². The lowest BCUT2D eigenvalue weighted by Gasteiger charge is -2.18. The van der Waals surface area contributed by atoms with Crippen LogP contribution in [0.2, 0.25) is 0 Å². The highest BCUT2D eigenvalue weighted by molar-refractivity contribution is 5.62. The predicted octanol–water partition coefficient (Wildman–Crippen LogP) is 1.07. The highest BCUT2D eigenvalue weighted by Crippen LogP contribution is 2.17. The van der Waals surface area contributed by atoms with Crippen LogP contribution in [0.5, 0.6) is 5.75 Å². The highest BCUT2D eigenvalue weighted by atomic mass is 19.1. The van der Waals surface area contributed by atoms with Gasteiger partial charge in [-0.15, -0.1) is 0 Å². The Morgan fingerprint density at radius 2 is 1.94 bits per heavy atom. The number of halogens is 2. The maximum absolute atomic E-state index is 13.7. The van der Waals surface area contributed by atoms with E-state index in [0.717, 1.165) is 17.0 Å². The number of benzene rings is 1. The molecule has 0 atom stereocenters. The van der Waals surface area contributed by atoms with E-state index >= 15 is 0 Å². The third kappa shape index (κ3) is 4.11. The van der Waals surface area contributed by atoms with Gasteiger partial charge in [-0.25, -0.2) is 8.78 Å². The topological polar surface area (TPSA) is 78.2 Å². The molecule has 4 rings (SSSR count). The number of hydrogen-bond donors (Lipinski definition) is 1. The summed E-state index contributed by atoms with van der Waals surface area (Å²) in [7, 11) is 3.02. The number of rotatable bonds is 5. The summed E-state index contributed by atoms with van der Waals surface area (Å²) in [6, 6.07) is 5.03. The van der Waals surface area contributed by atoms with Crippen LogP contribution in [-0.2, 0) is 13.6 Å². The Bertz CT molecular complexity index is 1390. The van der Waals surface area contributed by atoms with Crippen molar-refractivity contribution in [3.05, 3.63) is 85.0 Å². The first-order valence-corrected chi connectivity index (χ1v) is 9.62. The summed E-state index contributed by atoms with van der Waals surface area (Å²) in [5.41, 5.74) is 0.376. The molecule has 0 radical (unpaired) electrons. The first kappa shape index (κ1) is 20.5. The van der Waals surface area contributed by atoms with Crippen molar-refractivity contribution in [1.82, 2.24) is 14.1 Å². The number of fused-ring (bicyclic) bond motifs is 1. The second-order valence-corrected chi connectivity index (χ2v) is 7.25. The van der Waals surface area contributed by atoms with Crippen LogP contribution in [0.25, 0.3) is 11.8 Å². The molecule has 0 unspecified atom stereocenters. The molecule has 0 bridgehead atoms. The average Bonchev–Trinajstić information content (AvgIpc) is 2.72. The monoisotopic (exact) mass is 426 g/mol. The van der Waals surface area contributed by atoms with Gasteiger partial charge in [0, 0.05) is 35.4 Å². The van der Waals surface area contributed by atoms with Gasteiger partial charge in [-0.05, 0) is 36.6 Å². The van der Waals surface area contributed by atoms with Gasteiger partial charge in [-0.3, -0.25) is 9.59 Å². The molecule has 160 valence electrons. The SMILES string of the molecule is COc1cn(Cc2cc(F)cc(F)c2)c(NC2=c3ccn(C)c(=O)c3=CCC2)nc1=O. The van der Waals surface area contributed by atoms with Gasteiger partial charge in [0.25, 0.3) is 5.56 Å². The molecular formula is C22H20F2N4O3. The maximum atomic E-state index is 13.7. The van der Waals surface area contributed by atoms with Gasteiger partial charge in [-0.1, -0.05) is 6.08 Å². The molecule has 2 heterocycles. The molecule has 7 nitrogen and oxygen atoms in total. The summed E-state index contributed by atoms with van der Waals surface area (Å²) >= 11 is 0. The van der Waals surface area contributed by atoms with E-state index in [1.165, 1.54) is 30.0 Å². The van der Waals surface area contributed by atoms with Gasteiger partial charge >= 0.3 is 5.56 Å². The van der Waals surface area contributed by atoms with Crippen LogP contribution < -0.4 is 31.6 Å². The molecule has 9 heteroatoms. The number of nitrogens with zero attached hydrogens (tertiary/aromatic N) is 3. The standard InChI is InChI=1S/C22H20F2N4O3/c1-27-7-6-16-17(21(27)30)4-3-5-18(16)25-22-26-20(29)19(31-2)12-28(22)11-13-8-14(23)10-15(24)9-13/h4,6-10,12H,3,5,11H2,1-2H3,(H,25,26,29). The van der Waals surface area contributed by atoms with Gasteiger partial charge < -0.3 is 19.2 Å². The van der Waals surface area contributed by atoms with E-state index in [1.807, 2.05) is 12.1 Å². The molecular weight excluding hydrogens is 406 g/mol. The summed E-state index contributed by atoms with van der Waals surface area (Å²) in [5.74, 6) is -1.22. The molecule has 0 fully saturated rings. The lowest BCUT2D eigenvalue weighted by Crippen LogP contribution is -2.46. The zero-order valence-corrected chi connectivity index (χ0v) is 17.0. The normalized spacial score (nSPS) is 12.8. The number of anilines is 1. The molecule has 0 aliphatic heterocycles. The van der Waals surface area contributed by atoms with Crippen LogP contribution in [0.3, 0.4) is 0 Å². The fraction of sp³-hybridized carbons (Fsp3) is 0.227. The van der Waals surface area contributed by atoms with Crippen LogP contribution in [-0.4, -0.2) is 21.2 Å². The molecule has 1 aliphatic carbocycles. The minimum Gasteiger partial charge on any atom is -0.490 e. The van der Waals surface area contributed by atoms with Crippen molar-refractivity contribution < 1.29 is 13.5 Å². The van der Waals surface area contributed by atoms with Crippen LogP contribution >= 0.6 is 0 Å². The van der Waals surface area contributed by atoms with Crippen LogP contribution in [0.1, 0.15) is 18.4 Å². The Labute approximate surface area is 175 Å². The molecule has 31 heavy (non-hydrogen) atoms. The van der Waals surface area contributed by atoms with Crippen LogP contribution in [0.4, 0.5) is 14.7 Å². The molecule has 0 spiro atoms. The van der Waals surface area contributed by atoms with Crippen molar-refractivity contribution in [2.75, 3.05) is 12.4 Å². The minimum absolute atomic E-state index is 0.00123. The number of aromatic nitrogens is 3. The zero-order chi connectivity index (χ0) is 22.1. The van der Waals surface area contributed by atoms with Crippen molar-refractivity contribution in [3.63, 3.8) is 0 Å². The van der Waals surface area contributed by atoms with Crippen molar-refractivity contribution >= 4 is 17.7 Å². The highest BCUT2D eigenvalue weighted by Gasteiger charge is 2.14. The van der Waals surface area contributed by atoms with Crippen molar-refractivity contribution in [2.45, 2.75) is 19.4 Å². The Kier molecular flexibility index (Phi) is 5.41. The number of methoxy groups -OCH3 is 1. The number of ether oxygens (including phenoxy) is 1. The fourth-order valence-corrected chi connectivity index (χ4v) is 3.60. The molecule has 1 aliphatic rings. The number of aryl methyl sites for hydroxylation is 1. The lowest BCUT2D eigenvalue weighted by atomic mass is 10.1. The van der Waals surface area contributed by atoms with Crippen molar-refractivity contribution in [3.8, 4) is 5.75 Å². The van der Waals surface area contributed by atoms with E-state index in [0.29, 0.717) is 23.6 Å². The van der Waals surface area contributed by atoms with E-state index in [1.54, 1.807) is 17.8 Å². The van der Waals surface area contributed by atoms with E-state index in [4.69, 9.17) is 4.74 Å². The maximum Gasteiger partial charge on any atom is 0.316 e. The first-order valence-electron chi connectivity index (χ1n) is 9.62. The zero-order valence-electron chi connectivity index (χ0n) is 17.0. The molecule has 1 N–H and O–H groups in total. The number of nitrogens with one attached hydrogen (secondary N) is 1. The third-order valence-corrected chi connectivity index (χ3v) is 5.09. The van der Waals surface area contributed by atoms with Crippen molar-refractivity contribution in [2.24, 2.45) is 7.05 Å². The lowest BCUT2D eigenvalue weighted by molar-refractivity contribution is 0.402. The summed E-state index contributed by atoms with van der Waals surface area (Å²) in [6.45, 7) is 0.0451. The second kappa shape index (κ2) is 8.17. The third-order valence-electron chi connectivity index (χ3n) is 5.09. The Balaban J connectivity index is 1.83. The molecule has 1 aromatic carbocycles. The fourth-order valence-electron chi connectivity index (χ4n) is 3.60. The molecule has 0 saturated heterocycles. The molecule has 3 aromatic rings. The summed E-state index contributed by atoms with van der Waals surface area (Å²) in [6.07, 6.45) is 6.24. The molecule has 0 saturated carbocycles. The number of pyridine rings is 1. The van der Waals surface area contributed by atoms with Crippen molar-refractivity contribution in [1.29, 1.82) is 0 Å². The second-order valence-electron chi connectivity index (χ2n) is 7.25. The molecule has 0 amide bonds. The summed E-state index contributed by atoms with van der Waals surface area (Å²) in [5, 5.41) is 4.45. The van der Waals surface area contributed by atoms with Gasteiger partial charge in [-0.2, -0.15) is 4.98 Å². The Morgan fingerprint density at radius 3 is 2.65 bits per heavy atom. The van der Waals surface area contributed by atoms with E-state index < -0.39 is 17.2 Å². The largest absolute Gasteiger partial charge is 0.490 e. The quantitative estimate of drug-likeness (QED) is 0.661. The van der Waals surface area contributed by atoms with Gasteiger partial charge in [0.05, 0.1) is 19.9 Å². The van der Waals surface area contributed by atoms with Gasteiger partial charge in [0.1, 0.15) is 11.6 Å². The van der Waals surface area contributed by atoms with Gasteiger partial charge in [0.15, 0.2) is 0 Å². The predicted molar refractivity (Wildman–Crippen MR) is 112 cm³/mol. The average molecular weight is 426 g/mol. The molecule has 2 aromatic heterocycles. The Morgan fingerprint density at radius 1 is 1.19 bits per heavy atom. The summed E-state index contributed by atoms with van der Waals surface area (Å²) in [4.78, 5) is 28.8. The summed E-state index contributed by atoms with van der Waals surface area (Å²) < 4.78 is 35.4. The Hall–Kier alpha value is -3.75. The first-order chi connectivity index (χ1) is 14.9. The number of hydrogen-bond acceptors (Lipinski definition) is 5. The van der Waals surface area contributed by atoms with E-state index in [9.17, 15) is 18.4 Å².